The third-order valence-corrected chi connectivity index (χ3v) is 6.84. The molecule has 0 aromatic carbocycles. The zero-order valence-corrected chi connectivity index (χ0v) is 19.7. The number of aryl methyl sites for hydroxylation is 2. The Morgan fingerprint density at radius 3 is 2.66 bits per heavy atom. The molecule has 10 nitrogen and oxygen atoms in total. The van der Waals surface area contributed by atoms with E-state index < -0.39 is 11.2 Å². The van der Waals surface area contributed by atoms with E-state index in [4.69, 9.17) is 5.73 Å². The van der Waals surface area contributed by atoms with E-state index in [0.29, 0.717) is 30.4 Å². The Morgan fingerprint density at radius 1 is 1.26 bits per heavy atom. The van der Waals surface area contributed by atoms with Gasteiger partial charge in [-0.15, -0.1) is 0 Å². The summed E-state index contributed by atoms with van der Waals surface area (Å²) >= 11 is 0. The fraction of sp³-hybridized carbons (Fsp3) is 0.333. The van der Waals surface area contributed by atoms with Gasteiger partial charge in [0.1, 0.15) is 0 Å². The van der Waals surface area contributed by atoms with Crippen LogP contribution in [0.2, 0.25) is 0 Å². The molecule has 4 heterocycles. The Morgan fingerprint density at radius 2 is 2.06 bits per heavy atom. The van der Waals surface area contributed by atoms with Gasteiger partial charge in [-0.25, -0.2) is 24.0 Å². The summed E-state index contributed by atoms with van der Waals surface area (Å²) in [4.78, 5) is 26.2. The predicted molar refractivity (Wildman–Crippen MR) is 127 cm³/mol. The van der Waals surface area contributed by atoms with Gasteiger partial charge in [-0.05, 0) is 50.3 Å². The Hall–Kier alpha value is -4.15. The maximum absolute atomic E-state index is 13.3. The van der Waals surface area contributed by atoms with Gasteiger partial charge in [0.25, 0.3) is 0 Å². The van der Waals surface area contributed by atoms with Crippen molar-refractivity contribution in [1.29, 1.82) is 0 Å². The summed E-state index contributed by atoms with van der Waals surface area (Å²) in [5.74, 6) is 0.749. The molecule has 1 fully saturated rings. The van der Waals surface area contributed by atoms with Gasteiger partial charge in [0.05, 0.1) is 17.8 Å². The molecule has 0 unspecified atom stereocenters. The van der Waals surface area contributed by atoms with Gasteiger partial charge in [-0.2, -0.15) is 10.2 Å². The SMILES string of the molecule is Cc1cc(C2CC(C(N)=O)([C@@H](C)c3ccc(-n4cc(F)cn4)nc3)C2)nc(Nc2cc(C)[nH]n2)n1. The highest BCUT2D eigenvalue weighted by atomic mass is 19.1. The van der Waals surface area contributed by atoms with Crippen molar-refractivity contribution in [3.8, 4) is 5.82 Å². The lowest BCUT2D eigenvalue weighted by molar-refractivity contribution is -0.135. The molecule has 0 spiro atoms. The summed E-state index contributed by atoms with van der Waals surface area (Å²) in [5.41, 5.74) is 8.72. The van der Waals surface area contributed by atoms with Crippen LogP contribution in [0.3, 0.4) is 0 Å². The summed E-state index contributed by atoms with van der Waals surface area (Å²) in [6.07, 6.45) is 5.23. The largest absolute Gasteiger partial charge is 0.369 e. The van der Waals surface area contributed by atoms with Crippen molar-refractivity contribution < 1.29 is 9.18 Å². The minimum atomic E-state index is -0.711. The normalized spacial score (nSPS) is 20.3. The second-order valence-electron chi connectivity index (χ2n) is 9.22. The topological polar surface area (TPSA) is 140 Å². The van der Waals surface area contributed by atoms with Crippen LogP contribution in [0, 0.1) is 25.1 Å². The van der Waals surface area contributed by atoms with Gasteiger partial charge >= 0.3 is 0 Å². The van der Waals surface area contributed by atoms with Crippen molar-refractivity contribution in [2.45, 2.75) is 45.4 Å². The summed E-state index contributed by atoms with van der Waals surface area (Å²) < 4.78 is 14.6. The van der Waals surface area contributed by atoms with Crippen molar-refractivity contribution in [3.05, 3.63) is 71.3 Å². The lowest BCUT2D eigenvalue weighted by atomic mass is 9.54. The zero-order valence-electron chi connectivity index (χ0n) is 19.7. The fourth-order valence-corrected chi connectivity index (χ4v) is 4.79. The van der Waals surface area contributed by atoms with Crippen LogP contribution in [0.5, 0.6) is 0 Å². The minimum Gasteiger partial charge on any atom is -0.369 e. The summed E-state index contributed by atoms with van der Waals surface area (Å²) in [5, 5.41) is 14.1. The maximum atomic E-state index is 13.3. The van der Waals surface area contributed by atoms with E-state index in [9.17, 15) is 9.18 Å². The van der Waals surface area contributed by atoms with Gasteiger partial charge in [0.2, 0.25) is 11.9 Å². The number of nitrogens with zero attached hydrogens (tertiary/aromatic N) is 6. The number of aromatic nitrogens is 7. The predicted octanol–water partition coefficient (Wildman–Crippen LogP) is 3.43. The van der Waals surface area contributed by atoms with Crippen molar-refractivity contribution >= 4 is 17.7 Å². The molecule has 1 aliphatic carbocycles. The second-order valence-corrected chi connectivity index (χ2v) is 9.22. The van der Waals surface area contributed by atoms with E-state index in [0.717, 1.165) is 28.8 Å². The highest BCUT2D eigenvalue weighted by Gasteiger charge is 2.53. The maximum Gasteiger partial charge on any atom is 0.228 e. The van der Waals surface area contributed by atoms with E-state index in [1.807, 2.05) is 39.0 Å². The molecule has 4 N–H and O–H groups in total. The molecule has 1 saturated carbocycles. The van der Waals surface area contributed by atoms with Crippen molar-refractivity contribution in [2.24, 2.45) is 11.1 Å². The Bertz CT molecular complexity index is 1370. The summed E-state index contributed by atoms with van der Waals surface area (Å²) in [7, 11) is 0. The Labute approximate surface area is 201 Å². The van der Waals surface area contributed by atoms with E-state index >= 15 is 0 Å². The third kappa shape index (κ3) is 4.25. The highest BCUT2D eigenvalue weighted by molar-refractivity contribution is 5.83. The number of primary amides is 1. The molecular formula is C24H26FN9O. The van der Waals surface area contributed by atoms with E-state index in [-0.39, 0.29) is 17.7 Å². The number of nitrogens with one attached hydrogen (secondary N) is 2. The number of hydrogen-bond donors (Lipinski definition) is 3. The standard InChI is InChI=1S/C24H26FN9O/c1-13-6-19(30-23(29-13)31-20-7-14(2)32-33-20)17-8-24(9-17,22(26)35)15(3)16-4-5-21(27-10-16)34-12-18(25)11-28-34/h4-7,10-12,15,17H,8-9H2,1-3H3,(H2,26,35)(H2,29,30,31,32,33)/t15-,17?,24?/m0/s1. The monoisotopic (exact) mass is 475 g/mol. The van der Waals surface area contributed by atoms with Gasteiger partial charge in [-0.1, -0.05) is 13.0 Å². The number of carbonyl (C=O) groups excluding carboxylic acids is 1. The van der Waals surface area contributed by atoms with Crippen LogP contribution in [0.4, 0.5) is 16.2 Å². The van der Waals surface area contributed by atoms with Crippen LogP contribution in [-0.4, -0.2) is 40.8 Å². The van der Waals surface area contributed by atoms with Crippen LogP contribution >= 0.6 is 0 Å². The van der Waals surface area contributed by atoms with Crippen molar-refractivity contribution in [2.75, 3.05) is 5.32 Å². The number of anilines is 2. The molecule has 35 heavy (non-hydrogen) atoms. The average molecular weight is 476 g/mol. The first kappa shape index (κ1) is 22.6. The number of H-pyrrole nitrogens is 1. The lowest BCUT2D eigenvalue weighted by Gasteiger charge is -2.49. The average Bonchev–Trinajstić information content (AvgIpc) is 3.40. The molecule has 0 bridgehead atoms. The number of carbonyl (C=O) groups is 1. The molecule has 0 aliphatic heterocycles. The van der Waals surface area contributed by atoms with Gasteiger partial charge in [-0.3, -0.25) is 9.89 Å². The van der Waals surface area contributed by atoms with Crippen LogP contribution in [0.15, 0.2) is 42.9 Å². The number of pyridine rings is 1. The quantitative estimate of drug-likeness (QED) is 0.372. The van der Waals surface area contributed by atoms with Gasteiger partial charge in [0.15, 0.2) is 17.5 Å². The van der Waals surface area contributed by atoms with E-state index in [2.05, 4.69) is 35.6 Å². The Balaban J connectivity index is 1.34. The van der Waals surface area contributed by atoms with Gasteiger partial charge in [0, 0.05) is 35.3 Å². The van der Waals surface area contributed by atoms with Crippen LogP contribution in [0.1, 0.15) is 54.2 Å². The highest BCUT2D eigenvalue weighted by Crippen LogP contribution is 2.57. The minimum absolute atomic E-state index is 0.0763. The molecule has 0 saturated heterocycles. The number of nitrogens with two attached hydrogens (primary N) is 1. The third-order valence-electron chi connectivity index (χ3n) is 6.84. The van der Waals surface area contributed by atoms with E-state index in [1.54, 1.807) is 12.3 Å². The lowest BCUT2D eigenvalue weighted by Crippen LogP contribution is -2.50. The number of hydrogen-bond acceptors (Lipinski definition) is 7. The summed E-state index contributed by atoms with van der Waals surface area (Å²) in [6, 6.07) is 7.45. The smallest absolute Gasteiger partial charge is 0.228 e. The first-order valence-electron chi connectivity index (χ1n) is 11.3. The molecular weight excluding hydrogens is 449 g/mol. The van der Waals surface area contributed by atoms with Crippen LogP contribution < -0.4 is 11.1 Å². The molecule has 11 heteroatoms. The van der Waals surface area contributed by atoms with Crippen molar-refractivity contribution in [1.82, 2.24) is 34.9 Å². The van der Waals surface area contributed by atoms with Crippen molar-refractivity contribution in [3.63, 3.8) is 0 Å². The van der Waals surface area contributed by atoms with E-state index in [1.165, 1.54) is 10.9 Å². The molecule has 1 aliphatic rings. The fourth-order valence-electron chi connectivity index (χ4n) is 4.79. The number of halogens is 1. The molecule has 180 valence electrons. The molecule has 0 radical (unpaired) electrons. The molecule has 4 aromatic rings. The molecule has 1 atom stereocenters. The van der Waals surface area contributed by atoms with Crippen LogP contribution in [-0.2, 0) is 4.79 Å². The second kappa shape index (κ2) is 8.57. The molecule has 1 amide bonds. The first-order valence-corrected chi connectivity index (χ1v) is 11.3. The number of aromatic amines is 1. The first-order chi connectivity index (χ1) is 16.7. The molecule has 4 aromatic heterocycles. The molecule has 5 rings (SSSR count). The van der Waals surface area contributed by atoms with Crippen LogP contribution in [0.25, 0.3) is 5.82 Å². The zero-order chi connectivity index (χ0) is 24.7. The Kier molecular flexibility index (Phi) is 5.54. The number of rotatable bonds is 7. The summed E-state index contributed by atoms with van der Waals surface area (Å²) in [6.45, 7) is 5.82. The van der Waals surface area contributed by atoms with Gasteiger partial charge < -0.3 is 11.1 Å². The number of amides is 1.